The van der Waals surface area contributed by atoms with Crippen LogP contribution in [0.1, 0.15) is 16.9 Å². The van der Waals surface area contributed by atoms with Gasteiger partial charge in [0.2, 0.25) is 0 Å². The average Bonchev–Trinajstić information content (AvgIpc) is 3.53. The maximum Gasteiger partial charge on any atom is 0.266 e. The molecule has 32 heavy (non-hydrogen) atoms. The van der Waals surface area contributed by atoms with Gasteiger partial charge in [0.1, 0.15) is 10.1 Å². The molecule has 0 saturated carbocycles. The molecule has 3 heterocycles. The zero-order valence-electron chi connectivity index (χ0n) is 17.3. The van der Waals surface area contributed by atoms with E-state index in [1.165, 1.54) is 17.3 Å². The van der Waals surface area contributed by atoms with Crippen molar-refractivity contribution in [2.75, 3.05) is 0 Å². The summed E-state index contributed by atoms with van der Waals surface area (Å²) in [7, 11) is 0. The molecule has 1 aliphatic heterocycles. The zero-order chi connectivity index (χ0) is 22.1. The van der Waals surface area contributed by atoms with Crippen LogP contribution in [0, 0.1) is 6.92 Å². The molecule has 0 aliphatic carbocycles. The number of thioether (sulfide) groups is 1. The Bertz CT molecular complexity index is 1310. The number of amides is 1. The van der Waals surface area contributed by atoms with Gasteiger partial charge in [0.15, 0.2) is 0 Å². The monoisotopic (exact) mass is 457 g/mol. The van der Waals surface area contributed by atoms with Gasteiger partial charge in [0.25, 0.3) is 5.91 Å². The summed E-state index contributed by atoms with van der Waals surface area (Å²) in [4.78, 5) is 15.2. The van der Waals surface area contributed by atoms with Crippen molar-refractivity contribution in [1.29, 1.82) is 0 Å². The van der Waals surface area contributed by atoms with E-state index >= 15 is 0 Å². The third kappa shape index (κ3) is 4.04. The van der Waals surface area contributed by atoms with Gasteiger partial charge in [0, 0.05) is 17.3 Å². The van der Waals surface area contributed by atoms with E-state index in [4.69, 9.17) is 21.7 Å². The predicted molar refractivity (Wildman–Crippen MR) is 131 cm³/mol. The molecular formula is C25H19N3O2S2. The first kappa shape index (κ1) is 20.5. The van der Waals surface area contributed by atoms with Gasteiger partial charge in [-0.25, -0.2) is 4.68 Å². The Morgan fingerprint density at radius 2 is 1.84 bits per heavy atom. The molecule has 1 aliphatic rings. The van der Waals surface area contributed by atoms with Crippen LogP contribution in [0.3, 0.4) is 0 Å². The van der Waals surface area contributed by atoms with Crippen LogP contribution in [-0.4, -0.2) is 24.9 Å². The molecule has 0 bridgehead atoms. The molecule has 5 rings (SSSR count). The van der Waals surface area contributed by atoms with Crippen molar-refractivity contribution in [3.05, 3.63) is 101 Å². The summed E-state index contributed by atoms with van der Waals surface area (Å²) in [6, 6.07) is 21.8. The quantitative estimate of drug-likeness (QED) is 0.278. The van der Waals surface area contributed by atoms with Crippen LogP contribution in [-0.2, 0) is 11.3 Å². The van der Waals surface area contributed by atoms with Gasteiger partial charge in [0.05, 0.1) is 29.1 Å². The number of hydrogen-bond acceptors (Lipinski definition) is 5. The Morgan fingerprint density at radius 1 is 1.06 bits per heavy atom. The van der Waals surface area contributed by atoms with E-state index in [0.717, 1.165) is 22.5 Å². The van der Waals surface area contributed by atoms with Gasteiger partial charge >= 0.3 is 0 Å². The van der Waals surface area contributed by atoms with E-state index in [9.17, 15) is 4.79 Å². The van der Waals surface area contributed by atoms with Crippen molar-refractivity contribution < 1.29 is 9.21 Å². The summed E-state index contributed by atoms with van der Waals surface area (Å²) < 4.78 is 7.75. The molecule has 1 saturated heterocycles. The lowest BCUT2D eigenvalue weighted by molar-refractivity contribution is -0.122. The van der Waals surface area contributed by atoms with Crippen LogP contribution in [0.25, 0.3) is 23.0 Å². The third-order valence-electron chi connectivity index (χ3n) is 5.14. The molecule has 7 heteroatoms. The SMILES string of the molecule is Cc1ccc(-c2nn(-c3ccccc3)cc2/C=C2/SC(=S)N(Cc3ccco3)C2=O)cc1. The molecule has 0 N–H and O–H groups in total. The minimum Gasteiger partial charge on any atom is -0.467 e. The maximum absolute atomic E-state index is 13.1. The average molecular weight is 458 g/mol. The predicted octanol–water partition coefficient (Wildman–Crippen LogP) is 5.84. The Morgan fingerprint density at radius 3 is 2.56 bits per heavy atom. The number of benzene rings is 2. The molecular weight excluding hydrogens is 438 g/mol. The molecule has 0 atom stereocenters. The van der Waals surface area contributed by atoms with Crippen LogP contribution in [0.5, 0.6) is 0 Å². The molecule has 0 spiro atoms. The molecule has 158 valence electrons. The van der Waals surface area contributed by atoms with Gasteiger partial charge in [-0.1, -0.05) is 72.0 Å². The summed E-state index contributed by atoms with van der Waals surface area (Å²) in [5, 5.41) is 4.84. The highest BCUT2D eigenvalue weighted by atomic mass is 32.2. The topological polar surface area (TPSA) is 51.3 Å². The molecule has 1 amide bonds. The first-order valence-electron chi connectivity index (χ1n) is 10.1. The van der Waals surface area contributed by atoms with Crippen molar-refractivity contribution in [3.8, 4) is 16.9 Å². The normalized spacial score (nSPS) is 15.2. The van der Waals surface area contributed by atoms with Gasteiger partial charge < -0.3 is 4.42 Å². The molecule has 2 aromatic heterocycles. The fourth-order valence-corrected chi connectivity index (χ4v) is 4.72. The fourth-order valence-electron chi connectivity index (χ4n) is 3.48. The summed E-state index contributed by atoms with van der Waals surface area (Å²) >= 11 is 6.77. The maximum atomic E-state index is 13.1. The number of furan rings is 1. The smallest absolute Gasteiger partial charge is 0.266 e. The summed E-state index contributed by atoms with van der Waals surface area (Å²) in [6.45, 7) is 2.38. The van der Waals surface area contributed by atoms with Gasteiger partial charge in [-0.3, -0.25) is 9.69 Å². The van der Waals surface area contributed by atoms with Gasteiger partial charge in [-0.05, 0) is 37.3 Å². The van der Waals surface area contributed by atoms with Crippen molar-refractivity contribution in [1.82, 2.24) is 14.7 Å². The highest BCUT2D eigenvalue weighted by molar-refractivity contribution is 8.26. The molecule has 0 radical (unpaired) electrons. The van der Waals surface area contributed by atoms with Gasteiger partial charge in [-0.15, -0.1) is 0 Å². The number of carbonyl (C=O) groups excluding carboxylic acids is 1. The standard InChI is InChI=1S/C25H19N3O2S2/c1-17-9-11-18(12-10-17)23-19(15-28(26-23)20-6-3-2-4-7-20)14-22-24(29)27(25(31)32-22)16-21-8-5-13-30-21/h2-15H,16H2,1H3/b22-14+. The minimum atomic E-state index is -0.126. The first-order valence-corrected chi connectivity index (χ1v) is 11.3. The molecule has 5 nitrogen and oxygen atoms in total. The summed E-state index contributed by atoms with van der Waals surface area (Å²) in [5.74, 6) is 0.568. The van der Waals surface area contributed by atoms with Crippen molar-refractivity contribution in [2.24, 2.45) is 0 Å². The second-order valence-electron chi connectivity index (χ2n) is 7.43. The van der Waals surface area contributed by atoms with Gasteiger partial charge in [-0.2, -0.15) is 5.10 Å². The second-order valence-corrected chi connectivity index (χ2v) is 9.10. The molecule has 2 aromatic carbocycles. The lowest BCUT2D eigenvalue weighted by Crippen LogP contribution is -2.27. The highest BCUT2D eigenvalue weighted by Crippen LogP contribution is 2.35. The van der Waals surface area contributed by atoms with Crippen molar-refractivity contribution in [2.45, 2.75) is 13.5 Å². The van der Waals surface area contributed by atoms with Crippen LogP contribution < -0.4 is 0 Å². The first-order chi connectivity index (χ1) is 15.6. The largest absolute Gasteiger partial charge is 0.467 e. The number of aromatic nitrogens is 2. The van der Waals surface area contributed by atoms with E-state index in [-0.39, 0.29) is 5.91 Å². The summed E-state index contributed by atoms with van der Waals surface area (Å²) in [6.07, 6.45) is 5.42. The number of nitrogens with zero attached hydrogens (tertiary/aromatic N) is 3. The zero-order valence-corrected chi connectivity index (χ0v) is 18.9. The van der Waals surface area contributed by atoms with E-state index < -0.39 is 0 Å². The van der Waals surface area contributed by atoms with E-state index in [2.05, 4.69) is 19.1 Å². The van der Waals surface area contributed by atoms with E-state index in [0.29, 0.717) is 21.5 Å². The molecule has 4 aromatic rings. The lowest BCUT2D eigenvalue weighted by Gasteiger charge is -2.11. The second kappa shape index (κ2) is 8.61. The summed E-state index contributed by atoms with van der Waals surface area (Å²) in [5.41, 5.74) is 4.78. The Hall–Kier alpha value is -3.42. The third-order valence-corrected chi connectivity index (χ3v) is 6.52. The number of carbonyl (C=O) groups is 1. The van der Waals surface area contributed by atoms with Crippen LogP contribution in [0.15, 0.2) is 88.5 Å². The number of para-hydroxylation sites is 1. The van der Waals surface area contributed by atoms with Crippen LogP contribution >= 0.6 is 24.0 Å². The lowest BCUT2D eigenvalue weighted by atomic mass is 10.1. The number of rotatable bonds is 5. The number of aryl methyl sites for hydroxylation is 1. The Kier molecular flexibility index (Phi) is 5.51. The minimum absolute atomic E-state index is 0.126. The van der Waals surface area contributed by atoms with Crippen molar-refractivity contribution >= 4 is 40.3 Å². The molecule has 0 unspecified atom stereocenters. The fraction of sp³-hybridized carbons (Fsp3) is 0.0800. The van der Waals surface area contributed by atoms with Crippen LogP contribution in [0.2, 0.25) is 0 Å². The number of hydrogen-bond donors (Lipinski definition) is 0. The number of thiocarbonyl (C=S) groups is 1. The highest BCUT2D eigenvalue weighted by Gasteiger charge is 2.33. The van der Waals surface area contributed by atoms with Crippen LogP contribution in [0.4, 0.5) is 0 Å². The molecule has 1 fully saturated rings. The Labute approximate surface area is 195 Å². The van der Waals surface area contributed by atoms with E-state index in [1.54, 1.807) is 17.2 Å². The van der Waals surface area contributed by atoms with Crippen molar-refractivity contribution in [3.63, 3.8) is 0 Å². The Balaban J connectivity index is 1.54. The van der Waals surface area contributed by atoms with E-state index in [1.807, 2.05) is 65.5 Å².